The molecule has 2 aromatic rings. The Bertz CT molecular complexity index is 665. The van der Waals surface area contributed by atoms with Gasteiger partial charge in [-0.15, -0.1) is 0 Å². The number of benzene rings is 2. The topological polar surface area (TPSA) is 66.9 Å². The Morgan fingerprint density at radius 2 is 1.79 bits per heavy atom. The van der Waals surface area contributed by atoms with E-state index in [9.17, 15) is 14.5 Å². The van der Waals surface area contributed by atoms with E-state index in [1.165, 1.54) is 17.8 Å². The highest BCUT2D eigenvalue weighted by Crippen LogP contribution is 2.30. The van der Waals surface area contributed by atoms with E-state index in [4.69, 9.17) is 5.26 Å². The maximum Gasteiger partial charge on any atom is 0.304 e. The molecular formula is C13H7FN2O2S. The number of nitro groups is 1. The van der Waals surface area contributed by atoms with Crippen LogP contribution in [0.15, 0.2) is 52.3 Å². The maximum atomic E-state index is 13.4. The second-order valence-corrected chi connectivity index (χ2v) is 4.76. The van der Waals surface area contributed by atoms with Gasteiger partial charge in [0.15, 0.2) is 0 Å². The Balaban J connectivity index is 2.21. The first kappa shape index (κ1) is 13.1. The molecule has 6 heteroatoms. The SMILES string of the molecule is N#Cc1ccc(Sc2ccc([N+](=O)[O-])c(F)c2)cc1. The second kappa shape index (κ2) is 5.50. The van der Waals surface area contributed by atoms with Gasteiger partial charge < -0.3 is 0 Å². The highest BCUT2D eigenvalue weighted by atomic mass is 32.2. The zero-order chi connectivity index (χ0) is 13.8. The van der Waals surface area contributed by atoms with E-state index < -0.39 is 16.4 Å². The summed E-state index contributed by atoms with van der Waals surface area (Å²) in [5, 5.41) is 19.2. The molecule has 0 aliphatic rings. The zero-order valence-corrected chi connectivity index (χ0v) is 10.4. The van der Waals surface area contributed by atoms with E-state index in [2.05, 4.69) is 0 Å². The Hall–Kier alpha value is -2.39. The molecule has 0 saturated carbocycles. The monoisotopic (exact) mass is 274 g/mol. The molecule has 0 N–H and O–H groups in total. The van der Waals surface area contributed by atoms with Crippen LogP contribution in [0, 0.1) is 27.3 Å². The summed E-state index contributed by atoms with van der Waals surface area (Å²) in [7, 11) is 0. The fraction of sp³-hybridized carbons (Fsp3) is 0. The summed E-state index contributed by atoms with van der Waals surface area (Å²) < 4.78 is 13.4. The van der Waals surface area contributed by atoms with E-state index in [0.29, 0.717) is 10.5 Å². The minimum atomic E-state index is -0.858. The van der Waals surface area contributed by atoms with Crippen LogP contribution in [0.25, 0.3) is 0 Å². The molecule has 4 nitrogen and oxygen atoms in total. The first-order valence-electron chi connectivity index (χ1n) is 5.22. The maximum absolute atomic E-state index is 13.4. The van der Waals surface area contributed by atoms with Gasteiger partial charge in [0.05, 0.1) is 16.6 Å². The number of halogens is 1. The lowest BCUT2D eigenvalue weighted by Crippen LogP contribution is -1.92. The molecule has 0 amide bonds. The summed E-state index contributed by atoms with van der Waals surface area (Å²) in [5.41, 5.74) is 0.00316. The highest BCUT2D eigenvalue weighted by molar-refractivity contribution is 7.99. The minimum absolute atomic E-state index is 0.538. The van der Waals surface area contributed by atoms with E-state index in [0.717, 1.165) is 17.0 Å². The van der Waals surface area contributed by atoms with Gasteiger partial charge in [-0.3, -0.25) is 10.1 Å². The van der Waals surface area contributed by atoms with Crippen molar-refractivity contribution in [3.63, 3.8) is 0 Å². The lowest BCUT2D eigenvalue weighted by Gasteiger charge is -2.02. The van der Waals surface area contributed by atoms with Gasteiger partial charge in [0, 0.05) is 15.9 Å². The molecule has 0 saturated heterocycles. The summed E-state index contributed by atoms with van der Waals surface area (Å²) in [6, 6.07) is 12.6. The van der Waals surface area contributed by atoms with Gasteiger partial charge >= 0.3 is 5.69 Å². The average Bonchev–Trinajstić information content (AvgIpc) is 2.39. The van der Waals surface area contributed by atoms with Crippen LogP contribution >= 0.6 is 11.8 Å². The van der Waals surface area contributed by atoms with Crippen LogP contribution in [0.4, 0.5) is 10.1 Å². The van der Waals surface area contributed by atoms with Crippen LogP contribution in [0.2, 0.25) is 0 Å². The summed E-state index contributed by atoms with van der Waals surface area (Å²) in [6.45, 7) is 0. The number of hydrogen-bond donors (Lipinski definition) is 0. The van der Waals surface area contributed by atoms with Gasteiger partial charge in [-0.25, -0.2) is 0 Å². The van der Waals surface area contributed by atoms with Crippen molar-refractivity contribution in [1.82, 2.24) is 0 Å². The van der Waals surface area contributed by atoms with E-state index >= 15 is 0 Å². The number of hydrogen-bond acceptors (Lipinski definition) is 4. The standard InChI is InChI=1S/C13H7FN2O2S/c14-12-7-11(5-6-13(12)16(17)18)19-10-3-1-9(8-15)2-4-10/h1-7H. The van der Waals surface area contributed by atoms with Crippen molar-refractivity contribution in [2.75, 3.05) is 0 Å². The lowest BCUT2D eigenvalue weighted by molar-refractivity contribution is -0.387. The molecule has 19 heavy (non-hydrogen) atoms. The highest BCUT2D eigenvalue weighted by Gasteiger charge is 2.14. The Morgan fingerprint density at radius 1 is 1.16 bits per heavy atom. The van der Waals surface area contributed by atoms with Crippen LogP contribution < -0.4 is 0 Å². The Kier molecular flexibility index (Phi) is 3.78. The number of nitriles is 1. The first-order chi connectivity index (χ1) is 9.10. The van der Waals surface area contributed by atoms with Gasteiger partial charge in [-0.2, -0.15) is 9.65 Å². The van der Waals surface area contributed by atoms with Crippen LogP contribution in [-0.4, -0.2) is 4.92 Å². The van der Waals surface area contributed by atoms with Crippen molar-refractivity contribution in [2.24, 2.45) is 0 Å². The third kappa shape index (κ3) is 3.09. The van der Waals surface area contributed by atoms with Crippen molar-refractivity contribution in [2.45, 2.75) is 9.79 Å². The molecule has 0 unspecified atom stereocenters. The van der Waals surface area contributed by atoms with Crippen LogP contribution in [0.1, 0.15) is 5.56 Å². The van der Waals surface area contributed by atoms with Crippen molar-refractivity contribution >= 4 is 17.4 Å². The fourth-order valence-electron chi connectivity index (χ4n) is 1.43. The van der Waals surface area contributed by atoms with Gasteiger partial charge in [0.2, 0.25) is 5.82 Å². The quantitative estimate of drug-likeness (QED) is 0.631. The minimum Gasteiger partial charge on any atom is -0.258 e. The Labute approximate surface area is 112 Å². The van der Waals surface area contributed by atoms with Crippen LogP contribution in [0.5, 0.6) is 0 Å². The molecule has 0 aliphatic heterocycles. The largest absolute Gasteiger partial charge is 0.304 e. The van der Waals surface area contributed by atoms with Crippen molar-refractivity contribution in [1.29, 1.82) is 5.26 Å². The molecule has 0 spiro atoms. The predicted molar refractivity (Wildman–Crippen MR) is 68.3 cm³/mol. The second-order valence-electron chi connectivity index (χ2n) is 3.61. The van der Waals surface area contributed by atoms with Gasteiger partial charge in [-0.05, 0) is 36.4 Å². The van der Waals surface area contributed by atoms with Crippen molar-refractivity contribution < 1.29 is 9.31 Å². The molecule has 0 radical (unpaired) electrons. The first-order valence-corrected chi connectivity index (χ1v) is 6.04. The normalized spacial score (nSPS) is 9.89. The summed E-state index contributed by atoms with van der Waals surface area (Å²) >= 11 is 1.27. The van der Waals surface area contributed by atoms with Crippen molar-refractivity contribution in [3.8, 4) is 6.07 Å². The van der Waals surface area contributed by atoms with Gasteiger partial charge in [0.1, 0.15) is 0 Å². The smallest absolute Gasteiger partial charge is 0.258 e. The van der Waals surface area contributed by atoms with Gasteiger partial charge in [0.25, 0.3) is 0 Å². The lowest BCUT2D eigenvalue weighted by atomic mass is 10.2. The van der Waals surface area contributed by atoms with Crippen LogP contribution in [0.3, 0.4) is 0 Å². The molecule has 0 atom stereocenters. The van der Waals surface area contributed by atoms with Crippen molar-refractivity contribution in [3.05, 3.63) is 64.0 Å². The predicted octanol–water partition coefficient (Wildman–Crippen LogP) is 3.76. The molecule has 94 valence electrons. The number of rotatable bonds is 3. The summed E-state index contributed by atoms with van der Waals surface area (Å²) in [4.78, 5) is 11.1. The zero-order valence-electron chi connectivity index (χ0n) is 9.54. The molecule has 0 bridgehead atoms. The van der Waals surface area contributed by atoms with Crippen LogP contribution in [-0.2, 0) is 0 Å². The summed E-state index contributed by atoms with van der Waals surface area (Å²) in [6.07, 6.45) is 0. The molecular weight excluding hydrogens is 267 g/mol. The molecule has 2 aromatic carbocycles. The average molecular weight is 274 g/mol. The Morgan fingerprint density at radius 3 is 2.32 bits per heavy atom. The molecule has 2 rings (SSSR count). The third-order valence-electron chi connectivity index (χ3n) is 2.33. The van der Waals surface area contributed by atoms with E-state index in [-0.39, 0.29) is 0 Å². The molecule has 0 aromatic heterocycles. The van der Waals surface area contributed by atoms with Gasteiger partial charge in [-0.1, -0.05) is 11.8 Å². The number of nitro benzene ring substituents is 1. The third-order valence-corrected chi connectivity index (χ3v) is 3.33. The number of nitrogens with zero attached hydrogens (tertiary/aromatic N) is 2. The summed E-state index contributed by atoms with van der Waals surface area (Å²) in [5.74, 6) is -0.858. The van der Waals surface area contributed by atoms with E-state index in [1.54, 1.807) is 24.3 Å². The molecule has 0 aliphatic carbocycles. The fourth-order valence-corrected chi connectivity index (χ4v) is 2.28. The molecule has 0 heterocycles. The molecule has 0 fully saturated rings. The van der Waals surface area contributed by atoms with E-state index in [1.807, 2.05) is 6.07 Å².